The Balaban J connectivity index is 0.00000240. The number of nitro groups is 1. The molecule has 1 amide bonds. The van der Waals surface area contributed by atoms with Crippen LogP contribution in [0.4, 0.5) is 5.69 Å². The number of piperazine rings is 1. The Bertz CT molecular complexity index is 1020. The molecule has 4 rings (SSSR count). The summed E-state index contributed by atoms with van der Waals surface area (Å²) in [7, 11) is 1.91. The molecule has 1 unspecified atom stereocenters. The number of thiazole rings is 1. The summed E-state index contributed by atoms with van der Waals surface area (Å²) in [5.41, 5.74) is 1.14. The van der Waals surface area contributed by atoms with Crippen molar-refractivity contribution in [1.29, 1.82) is 0 Å². The van der Waals surface area contributed by atoms with Crippen LogP contribution in [-0.4, -0.2) is 49.9 Å². The van der Waals surface area contributed by atoms with Gasteiger partial charge in [-0.15, -0.1) is 23.7 Å². The minimum atomic E-state index is -0.442. The molecule has 0 radical (unpaired) electrons. The van der Waals surface area contributed by atoms with Crippen molar-refractivity contribution in [3.63, 3.8) is 0 Å². The minimum absolute atomic E-state index is 0. The molecule has 0 saturated carbocycles. The highest BCUT2D eigenvalue weighted by Gasteiger charge is 2.32. The first-order valence-corrected chi connectivity index (χ1v) is 9.62. The second kappa shape index (κ2) is 8.68. The van der Waals surface area contributed by atoms with E-state index in [0.717, 1.165) is 11.4 Å². The van der Waals surface area contributed by atoms with Crippen molar-refractivity contribution in [2.75, 3.05) is 19.6 Å². The van der Waals surface area contributed by atoms with Crippen molar-refractivity contribution in [3.05, 3.63) is 63.7 Å². The Labute approximate surface area is 177 Å². The molecule has 1 aromatic carbocycles. The number of nitrogens with zero attached hydrogens (tertiary/aromatic N) is 5. The van der Waals surface area contributed by atoms with Crippen molar-refractivity contribution in [2.24, 2.45) is 7.05 Å². The van der Waals surface area contributed by atoms with Gasteiger partial charge >= 0.3 is 0 Å². The zero-order chi connectivity index (χ0) is 19.7. The molecule has 1 fully saturated rings. The molecular weight excluding hydrogens is 416 g/mol. The number of carbonyl (C=O) groups is 1. The molecule has 1 N–H and O–H groups in total. The van der Waals surface area contributed by atoms with E-state index < -0.39 is 4.92 Å². The van der Waals surface area contributed by atoms with Crippen LogP contribution >= 0.6 is 23.7 Å². The summed E-state index contributed by atoms with van der Waals surface area (Å²) >= 11 is 1.35. The van der Waals surface area contributed by atoms with E-state index in [1.165, 1.54) is 23.5 Å². The first-order chi connectivity index (χ1) is 13.5. The van der Waals surface area contributed by atoms with E-state index in [0.29, 0.717) is 30.3 Å². The number of benzene rings is 1. The highest BCUT2D eigenvalue weighted by molar-refractivity contribution is 7.13. The predicted octanol–water partition coefficient (Wildman–Crippen LogP) is 2.66. The van der Waals surface area contributed by atoms with E-state index >= 15 is 0 Å². The van der Waals surface area contributed by atoms with Gasteiger partial charge < -0.3 is 14.8 Å². The standard InChI is InChI=1S/C18H18N6O3S.ClH/c1-22-8-7-20-16(22)15-10-19-6-9-23(15)18(25)14-11-28-17(21-14)12-2-4-13(5-3-12)24(26)27;/h2-5,7-8,11,15,19H,6,9-10H2,1H3;1H. The number of aromatic nitrogens is 3. The number of amides is 1. The predicted molar refractivity (Wildman–Crippen MR) is 111 cm³/mol. The molecule has 0 aliphatic carbocycles. The maximum atomic E-state index is 13.1. The lowest BCUT2D eigenvalue weighted by molar-refractivity contribution is -0.384. The van der Waals surface area contributed by atoms with E-state index in [4.69, 9.17) is 0 Å². The fourth-order valence-corrected chi connectivity index (χ4v) is 4.05. The van der Waals surface area contributed by atoms with E-state index in [-0.39, 0.29) is 30.0 Å². The molecular formula is C18H19ClN6O3S. The van der Waals surface area contributed by atoms with Gasteiger partial charge in [0.1, 0.15) is 22.6 Å². The van der Waals surface area contributed by atoms with Gasteiger partial charge in [-0.25, -0.2) is 9.97 Å². The molecule has 1 atom stereocenters. The van der Waals surface area contributed by atoms with Gasteiger partial charge in [0.05, 0.1) is 4.92 Å². The quantitative estimate of drug-likeness (QED) is 0.499. The first kappa shape index (κ1) is 20.9. The first-order valence-electron chi connectivity index (χ1n) is 8.74. The lowest BCUT2D eigenvalue weighted by Gasteiger charge is -2.35. The highest BCUT2D eigenvalue weighted by Crippen LogP contribution is 2.28. The molecule has 2 aromatic heterocycles. The third-order valence-electron chi connectivity index (χ3n) is 4.71. The number of halogens is 1. The maximum absolute atomic E-state index is 13.1. The fourth-order valence-electron chi connectivity index (χ4n) is 3.25. The molecule has 1 aliphatic heterocycles. The van der Waals surface area contributed by atoms with Crippen molar-refractivity contribution in [1.82, 2.24) is 24.8 Å². The largest absolute Gasteiger partial charge is 0.336 e. The van der Waals surface area contributed by atoms with Gasteiger partial charge in [-0.05, 0) is 12.1 Å². The van der Waals surface area contributed by atoms with Crippen LogP contribution in [0.5, 0.6) is 0 Å². The van der Waals surface area contributed by atoms with Crippen LogP contribution in [-0.2, 0) is 7.05 Å². The van der Waals surface area contributed by atoms with Gasteiger partial charge in [0.25, 0.3) is 11.6 Å². The number of hydrogen-bond donors (Lipinski definition) is 1. The summed E-state index contributed by atoms with van der Waals surface area (Å²) in [5.74, 6) is 0.685. The average Bonchev–Trinajstić information content (AvgIpc) is 3.37. The van der Waals surface area contributed by atoms with Crippen LogP contribution in [0.25, 0.3) is 10.6 Å². The molecule has 0 bridgehead atoms. The summed E-state index contributed by atoms with van der Waals surface area (Å²) in [5, 5.41) is 16.5. The molecule has 3 heterocycles. The maximum Gasteiger partial charge on any atom is 0.274 e. The smallest absolute Gasteiger partial charge is 0.274 e. The van der Waals surface area contributed by atoms with Gasteiger partial charge in [0.2, 0.25) is 0 Å². The zero-order valence-electron chi connectivity index (χ0n) is 15.5. The number of nitrogens with one attached hydrogen (secondary N) is 1. The van der Waals surface area contributed by atoms with Gasteiger partial charge in [-0.3, -0.25) is 14.9 Å². The second-order valence-electron chi connectivity index (χ2n) is 6.46. The van der Waals surface area contributed by atoms with Crippen LogP contribution in [0, 0.1) is 10.1 Å². The Hall–Kier alpha value is -2.82. The van der Waals surface area contributed by atoms with Crippen molar-refractivity contribution in [2.45, 2.75) is 6.04 Å². The molecule has 1 aliphatic rings. The number of nitro benzene ring substituents is 1. The van der Waals surface area contributed by atoms with E-state index in [1.807, 2.05) is 17.8 Å². The number of hydrogen-bond acceptors (Lipinski definition) is 7. The zero-order valence-corrected chi connectivity index (χ0v) is 17.2. The summed E-state index contributed by atoms with van der Waals surface area (Å²) in [6.45, 7) is 1.92. The van der Waals surface area contributed by atoms with Crippen molar-refractivity contribution < 1.29 is 9.72 Å². The van der Waals surface area contributed by atoms with Crippen LogP contribution in [0.1, 0.15) is 22.4 Å². The van der Waals surface area contributed by atoms with Gasteiger partial charge in [-0.1, -0.05) is 0 Å². The lowest BCUT2D eigenvalue weighted by Crippen LogP contribution is -2.49. The Morgan fingerprint density at radius 3 is 2.76 bits per heavy atom. The highest BCUT2D eigenvalue weighted by atomic mass is 35.5. The van der Waals surface area contributed by atoms with Crippen molar-refractivity contribution in [3.8, 4) is 10.6 Å². The SMILES string of the molecule is Cl.Cn1ccnc1C1CNCCN1C(=O)c1csc(-c2ccc([N+](=O)[O-])cc2)n1. The summed E-state index contributed by atoms with van der Waals surface area (Å²) in [6, 6.07) is 6.00. The Kier molecular flexibility index (Phi) is 6.26. The monoisotopic (exact) mass is 434 g/mol. The summed E-state index contributed by atoms with van der Waals surface area (Å²) in [6.07, 6.45) is 3.59. The molecule has 152 valence electrons. The number of aryl methyl sites for hydroxylation is 1. The van der Waals surface area contributed by atoms with Crippen LogP contribution in [0.3, 0.4) is 0 Å². The van der Waals surface area contributed by atoms with Gasteiger partial charge in [-0.2, -0.15) is 0 Å². The van der Waals surface area contributed by atoms with Crippen LogP contribution in [0.15, 0.2) is 42.0 Å². The van der Waals surface area contributed by atoms with Crippen LogP contribution < -0.4 is 5.32 Å². The Morgan fingerprint density at radius 2 is 2.10 bits per heavy atom. The molecule has 1 saturated heterocycles. The van der Waals surface area contributed by atoms with E-state index in [2.05, 4.69) is 15.3 Å². The fraction of sp³-hybridized carbons (Fsp3) is 0.278. The Morgan fingerprint density at radius 1 is 1.34 bits per heavy atom. The average molecular weight is 435 g/mol. The minimum Gasteiger partial charge on any atom is -0.336 e. The number of non-ortho nitro benzene ring substituents is 1. The molecule has 3 aromatic rings. The van der Waals surface area contributed by atoms with Crippen LogP contribution in [0.2, 0.25) is 0 Å². The van der Waals surface area contributed by atoms with E-state index in [9.17, 15) is 14.9 Å². The summed E-state index contributed by atoms with van der Waals surface area (Å²) in [4.78, 5) is 34.2. The molecule has 0 spiro atoms. The normalized spacial score (nSPS) is 16.3. The number of carbonyl (C=O) groups excluding carboxylic acids is 1. The number of rotatable bonds is 4. The molecule has 29 heavy (non-hydrogen) atoms. The van der Waals surface area contributed by atoms with E-state index in [1.54, 1.807) is 28.6 Å². The van der Waals surface area contributed by atoms with Gasteiger partial charge in [0.15, 0.2) is 0 Å². The molecule has 11 heteroatoms. The number of imidazole rings is 1. The molecule has 9 nitrogen and oxygen atoms in total. The lowest BCUT2D eigenvalue weighted by atomic mass is 10.1. The third kappa shape index (κ3) is 4.14. The second-order valence-corrected chi connectivity index (χ2v) is 7.31. The topological polar surface area (TPSA) is 106 Å². The van der Waals surface area contributed by atoms with Gasteiger partial charge in [0, 0.05) is 62.2 Å². The van der Waals surface area contributed by atoms with Crippen molar-refractivity contribution >= 4 is 35.3 Å². The summed E-state index contributed by atoms with van der Waals surface area (Å²) < 4.78 is 1.92. The third-order valence-corrected chi connectivity index (χ3v) is 5.60.